The van der Waals surface area contributed by atoms with Crippen LogP contribution in [0.3, 0.4) is 0 Å². The van der Waals surface area contributed by atoms with E-state index < -0.39 is 0 Å². The van der Waals surface area contributed by atoms with Crippen LogP contribution in [0, 0.1) is 0 Å². The van der Waals surface area contributed by atoms with Gasteiger partial charge in [0.1, 0.15) is 24.0 Å². The highest BCUT2D eigenvalue weighted by atomic mass is 16.6. The van der Waals surface area contributed by atoms with Crippen molar-refractivity contribution >= 4 is 21.7 Å². The van der Waals surface area contributed by atoms with Gasteiger partial charge in [0.2, 0.25) is 0 Å². The minimum absolute atomic E-state index is 0.203. The molecule has 4 rings (SSSR count). The molecule has 0 bridgehead atoms. The minimum atomic E-state index is -0.323. The summed E-state index contributed by atoms with van der Waals surface area (Å²) in [5.41, 5.74) is 0.221. The van der Waals surface area contributed by atoms with E-state index >= 15 is 0 Å². The smallest absolute Gasteiger partial charge is 0.344 e. The van der Waals surface area contributed by atoms with E-state index in [2.05, 4.69) is 0 Å². The Morgan fingerprint density at radius 1 is 1.10 bits per heavy atom. The van der Waals surface area contributed by atoms with Crippen LogP contribution in [0.2, 0.25) is 0 Å². The van der Waals surface area contributed by atoms with E-state index in [1.54, 1.807) is 12.1 Å². The van der Waals surface area contributed by atoms with Crippen molar-refractivity contribution in [3.05, 3.63) is 52.9 Å². The molecule has 0 amide bonds. The third kappa shape index (κ3) is 1.94. The van der Waals surface area contributed by atoms with Gasteiger partial charge in [-0.1, -0.05) is 18.2 Å². The minimum Gasteiger partial charge on any atom is -0.491 e. The van der Waals surface area contributed by atoms with Crippen LogP contribution in [0.4, 0.5) is 0 Å². The average Bonchev–Trinajstić information content (AvgIpc) is 3.29. The molecule has 3 aromatic rings. The molecular weight excluding hydrogens is 256 g/mol. The summed E-state index contributed by atoms with van der Waals surface area (Å²) in [6, 6.07) is 13.0. The zero-order valence-corrected chi connectivity index (χ0v) is 10.7. The fourth-order valence-electron chi connectivity index (χ4n) is 2.30. The third-order valence-electron chi connectivity index (χ3n) is 3.43. The Hall–Kier alpha value is -2.33. The van der Waals surface area contributed by atoms with Crippen molar-refractivity contribution in [1.82, 2.24) is 0 Å². The standard InChI is InChI=1S/C16H12O4/c17-16-14-4-2-1-3-12(14)13-6-5-10(7-15(13)20-16)18-8-11-9-19-11/h1-7,11H,8-9H2. The van der Waals surface area contributed by atoms with Gasteiger partial charge in [-0.2, -0.15) is 0 Å². The second kappa shape index (κ2) is 4.35. The summed E-state index contributed by atoms with van der Waals surface area (Å²) < 4.78 is 16.1. The molecule has 4 heteroatoms. The van der Waals surface area contributed by atoms with Crippen molar-refractivity contribution in [3.8, 4) is 5.75 Å². The first-order valence-electron chi connectivity index (χ1n) is 6.51. The van der Waals surface area contributed by atoms with Gasteiger partial charge in [0.15, 0.2) is 0 Å². The third-order valence-corrected chi connectivity index (χ3v) is 3.43. The molecule has 0 spiro atoms. The SMILES string of the molecule is O=c1oc2cc(OCC3CO3)ccc2c2ccccc12. The summed E-state index contributed by atoms with van der Waals surface area (Å²) in [5, 5.41) is 2.41. The summed E-state index contributed by atoms with van der Waals surface area (Å²) in [6.07, 6.45) is 0.203. The second-order valence-electron chi connectivity index (χ2n) is 4.86. The Bertz CT molecular complexity index is 846. The number of epoxide rings is 1. The highest BCUT2D eigenvalue weighted by Crippen LogP contribution is 2.26. The lowest BCUT2D eigenvalue weighted by molar-refractivity contribution is 0.263. The topological polar surface area (TPSA) is 52.0 Å². The molecule has 20 heavy (non-hydrogen) atoms. The van der Waals surface area contributed by atoms with Crippen LogP contribution in [0.25, 0.3) is 21.7 Å². The van der Waals surface area contributed by atoms with Crippen LogP contribution in [0.15, 0.2) is 51.7 Å². The summed E-state index contributed by atoms with van der Waals surface area (Å²) >= 11 is 0. The van der Waals surface area contributed by atoms with Crippen molar-refractivity contribution in [3.63, 3.8) is 0 Å². The number of rotatable bonds is 3. The maximum atomic E-state index is 12.0. The molecule has 0 radical (unpaired) electrons. The van der Waals surface area contributed by atoms with Gasteiger partial charge in [-0.05, 0) is 23.6 Å². The molecule has 0 aliphatic carbocycles. The molecule has 2 aromatic carbocycles. The summed E-state index contributed by atoms with van der Waals surface area (Å²) in [5.74, 6) is 0.687. The Morgan fingerprint density at radius 2 is 1.90 bits per heavy atom. The largest absolute Gasteiger partial charge is 0.491 e. The molecule has 1 aliphatic rings. The molecule has 1 unspecified atom stereocenters. The lowest BCUT2D eigenvalue weighted by atomic mass is 10.1. The highest BCUT2D eigenvalue weighted by Gasteiger charge is 2.23. The number of hydrogen-bond acceptors (Lipinski definition) is 4. The lowest BCUT2D eigenvalue weighted by Crippen LogP contribution is -2.04. The fraction of sp³-hybridized carbons (Fsp3) is 0.188. The quantitative estimate of drug-likeness (QED) is 0.416. The first-order valence-corrected chi connectivity index (χ1v) is 6.51. The van der Waals surface area contributed by atoms with E-state index in [0.717, 1.165) is 17.4 Å². The number of fused-ring (bicyclic) bond motifs is 3. The summed E-state index contributed by atoms with van der Waals surface area (Å²) in [4.78, 5) is 12.0. The van der Waals surface area contributed by atoms with E-state index in [1.165, 1.54) is 0 Å². The van der Waals surface area contributed by atoms with Crippen LogP contribution in [0.5, 0.6) is 5.75 Å². The van der Waals surface area contributed by atoms with Crippen LogP contribution in [-0.4, -0.2) is 19.3 Å². The molecule has 1 atom stereocenters. The Balaban J connectivity index is 1.85. The van der Waals surface area contributed by atoms with E-state index in [9.17, 15) is 4.79 Å². The van der Waals surface area contributed by atoms with Gasteiger partial charge in [-0.15, -0.1) is 0 Å². The molecule has 1 aromatic heterocycles. The van der Waals surface area contributed by atoms with E-state index in [0.29, 0.717) is 23.3 Å². The summed E-state index contributed by atoms with van der Waals surface area (Å²) in [6.45, 7) is 1.29. The zero-order valence-electron chi connectivity index (χ0n) is 10.7. The van der Waals surface area contributed by atoms with Gasteiger partial charge < -0.3 is 13.9 Å². The second-order valence-corrected chi connectivity index (χ2v) is 4.86. The van der Waals surface area contributed by atoms with Crippen molar-refractivity contribution in [2.75, 3.05) is 13.2 Å². The molecule has 1 aliphatic heterocycles. The van der Waals surface area contributed by atoms with E-state index in [4.69, 9.17) is 13.9 Å². The van der Waals surface area contributed by atoms with Gasteiger partial charge in [0.05, 0.1) is 12.0 Å². The zero-order chi connectivity index (χ0) is 13.5. The molecule has 4 nitrogen and oxygen atoms in total. The van der Waals surface area contributed by atoms with Gasteiger partial charge in [-0.3, -0.25) is 0 Å². The monoisotopic (exact) mass is 268 g/mol. The predicted octanol–water partition coefficient (Wildman–Crippen LogP) is 2.72. The normalized spacial score (nSPS) is 17.5. The summed E-state index contributed by atoms with van der Waals surface area (Å²) in [7, 11) is 0. The van der Waals surface area contributed by atoms with Crippen LogP contribution >= 0.6 is 0 Å². The van der Waals surface area contributed by atoms with Crippen LogP contribution in [-0.2, 0) is 4.74 Å². The van der Waals surface area contributed by atoms with Gasteiger partial charge in [-0.25, -0.2) is 4.79 Å². The number of benzene rings is 2. The van der Waals surface area contributed by atoms with Crippen LogP contribution < -0.4 is 10.4 Å². The first kappa shape index (κ1) is 11.5. The molecule has 100 valence electrons. The van der Waals surface area contributed by atoms with Gasteiger partial charge >= 0.3 is 5.63 Å². The van der Waals surface area contributed by atoms with Crippen molar-refractivity contribution in [2.45, 2.75) is 6.10 Å². The Morgan fingerprint density at radius 3 is 2.70 bits per heavy atom. The first-order chi connectivity index (χ1) is 9.81. The van der Waals surface area contributed by atoms with Gasteiger partial charge in [0.25, 0.3) is 0 Å². The highest BCUT2D eigenvalue weighted by molar-refractivity contribution is 6.04. The average molecular weight is 268 g/mol. The van der Waals surface area contributed by atoms with E-state index in [1.807, 2.05) is 30.3 Å². The molecule has 2 heterocycles. The maximum Gasteiger partial charge on any atom is 0.344 e. The van der Waals surface area contributed by atoms with Crippen LogP contribution in [0.1, 0.15) is 0 Å². The fourth-order valence-corrected chi connectivity index (χ4v) is 2.30. The molecular formula is C16H12O4. The molecule has 1 fully saturated rings. The Kier molecular flexibility index (Phi) is 2.50. The molecule has 0 saturated carbocycles. The number of hydrogen-bond donors (Lipinski definition) is 0. The van der Waals surface area contributed by atoms with Crippen molar-refractivity contribution < 1.29 is 13.9 Å². The van der Waals surface area contributed by atoms with Crippen molar-refractivity contribution in [1.29, 1.82) is 0 Å². The molecule has 0 N–H and O–H groups in total. The predicted molar refractivity (Wildman–Crippen MR) is 75.2 cm³/mol. The molecule has 1 saturated heterocycles. The van der Waals surface area contributed by atoms with Gasteiger partial charge in [0, 0.05) is 11.5 Å². The van der Waals surface area contributed by atoms with Crippen molar-refractivity contribution in [2.24, 2.45) is 0 Å². The number of ether oxygens (including phenoxy) is 2. The maximum absolute atomic E-state index is 12.0. The Labute approximate surface area is 114 Å². The lowest BCUT2D eigenvalue weighted by Gasteiger charge is -2.06. The van der Waals surface area contributed by atoms with E-state index in [-0.39, 0.29) is 11.7 Å².